The minimum Gasteiger partial charge on any atom is -0.478 e. The predicted octanol–water partition coefficient (Wildman–Crippen LogP) is 4.60. The van der Waals surface area contributed by atoms with Gasteiger partial charge in [-0.3, -0.25) is 0 Å². The summed E-state index contributed by atoms with van der Waals surface area (Å²) in [5, 5.41) is 9.45. The molecule has 98 valence electrons. The summed E-state index contributed by atoms with van der Waals surface area (Å²) in [7, 11) is 0. The molecule has 1 N–H and O–H groups in total. The Kier molecular flexibility index (Phi) is 4.59. The van der Waals surface area contributed by atoms with Crippen molar-refractivity contribution in [1.29, 1.82) is 0 Å². The second-order valence-corrected chi connectivity index (χ2v) is 6.29. The first kappa shape index (κ1) is 14.5. The van der Waals surface area contributed by atoms with Gasteiger partial charge in [-0.2, -0.15) is 0 Å². The molecular formula is C12H6Br2FNO2S. The number of nitrogens with zero attached hydrogens (tertiary/aromatic N) is 1. The quantitative estimate of drug-likeness (QED) is 0.809. The minimum atomic E-state index is -1.09. The molecule has 7 heteroatoms. The standard InChI is InChI=1S/C12H6Br2FNO2S/c13-7-4-8(14)11(16-5-7)19-10-3-6(12(17)18)1-2-9(10)15/h1-5H,(H,17,18). The molecule has 0 spiro atoms. The number of pyridine rings is 1. The van der Waals surface area contributed by atoms with Crippen LogP contribution in [-0.2, 0) is 0 Å². The Morgan fingerprint density at radius 2 is 2.05 bits per heavy atom. The summed E-state index contributed by atoms with van der Waals surface area (Å²) in [4.78, 5) is 15.2. The van der Waals surface area contributed by atoms with Crippen molar-refractivity contribution in [1.82, 2.24) is 4.98 Å². The van der Waals surface area contributed by atoms with E-state index in [2.05, 4.69) is 36.8 Å². The molecule has 0 amide bonds. The van der Waals surface area contributed by atoms with E-state index in [-0.39, 0.29) is 10.5 Å². The number of hydrogen-bond donors (Lipinski definition) is 1. The monoisotopic (exact) mass is 405 g/mol. The van der Waals surface area contributed by atoms with Crippen molar-refractivity contribution >= 4 is 49.6 Å². The molecule has 1 aromatic heterocycles. The molecule has 0 unspecified atom stereocenters. The van der Waals surface area contributed by atoms with Crippen molar-refractivity contribution in [3.05, 3.63) is 50.8 Å². The molecule has 3 nitrogen and oxygen atoms in total. The molecule has 1 aromatic carbocycles. The van der Waals surface area contributed by atoms with Crippen molar-refractivity contribution in [3.63, 3.8) is 0 Å². The summed E-state index contributed by atoms with van der Waals surface area (Å²) in [6.07, 6.45) is 1.59. The van der Waals surface area contributed by atoms with E-state index >= 15 is 0 Å². The fourth-order valence-electron chi connectivity index (χ4n) is 1.30. The number of carboxylic acid groups (broad SMARTS) is 1. The normalized spacial score (nSPS) is 10.5. The second-order valence-electron chi connectivity index (χ2n) is 3.49. The van der Waals surface area contributed by atoms with Crippen LogP contribution in [0.1, 0.15) is 10.4 Å². The largest absolute Gasteiger partial charge is 0.478 e. The molecule has 0 aliphatic rings. The van der Waals surface area contributed by atoms with Gasteiger partial charge >= 0.3 is 5.97 Å². The zero-order chi connectivity index (χ0) is 14.0. The lowest BCUT2D eigenvalue weighted by molar-refractivity contribution is 0.0696. The Hall–Kier alpha value is -0.920. The molecule has 0 aliphatic heterocycles. The number of rotatable bonds is 3. The van der Waals surface area contributed by atoms with Gasteiger partial charge in [-0.05, 0) is 56.1 Å². The predicted molar refractivity (Wildman–Crippen MR) is 77.1 cm³/mol. The van der Waals surface area contributed by atoms with Crippen LogP contribution in [0.2, 0.25) is 0 Å². The van der Waals surface area contributed by atoms with Crippen LogP contribution in [0.4, 0.5) is 4.39 Å². The van der Waals surface area contributed by atoms with Gasteiger partial charge < -0.3 is 5.11 Å². The second kappa shape index (κ2) is 6.02. The van der Waals surface area contributed by atoms with Crippen molar-refractivity contribution in [2.75, 3.05) is 0 Å². The van der Waals surface area contributed by atoms with Gasteiger partial charge in [0, 0.05) is 10.7 Å². The zero-order valence-electron chi connectivity index (χ0n) is 9.23. The van der Waals surface area contributed by atoms with Gasteiger partial charge in [0.25, 0.3) is 0 Å². The highest BCUT2D eigenvalue weighted by Gasteiger charge is 2.12. The molecule has 0 radical (unpaired) electrons. The topological polar surface area (TPSA) is 50.2 Å². The third kappa shape index (κ3) is 3.55. The lowest BCUT2D eigenvalue weighted by Gasteiger charge is -2.06. The minimum absolute atomic E-state index is 0.0390. The van der Waals surface area contributed by atoms with Crippen molar-refractivity contribution in [2.24, 2.45) is 0 Å². The number of aromatic carboxylic acids is 1. The molecule has 19 heavy (non-hydrogen) atoms. The van der Waals surface area contributed by atoms with Crippen molar-refractivity contribution in [3.8, 4) is 0 Å². The van der Waals surface area contributed by atoms with Crippen LogP contribution in [0.5, 0.6) is 0 Å². The van der Waals surface area contributed by atoms with E-state index in [1.54, 1.807) is 12.3 Å². The summed E-state index contributed by atoms with van der Waals surface area (Å²) in [6.45, 7) is 0. The Morgan fingerprint density at radius 3 is 2.68 bits per heavy atom. The van der Waals surface area contributed by atoms with E-state index in [0.717, 1.165) is 22.3 Å². The average Bonchev–Trinajstić information content (AvgIpc) is 2.34. The molecule has 2 rings (SSSR count). The van der Waals surface area contributed by atoms with Crippen LogP contribution in [0.3, 0.4) is 0 Å². The van der Waals surface area contributed by atoms with E-state index < -0.39 is 11.8 Å². The van der Waals surface area contributed by atoms with Gasteiger partial charge in [0.1, 0.15) is 10.8 Å². The van der Waals surface area contributed by atoms with Crippen LogP contribution < -0.4 is 0 Å². The van der Waals surface area contributed by atoms with Crippen molar-refractivity contribution in [2.45, 2.75) is 9.92 Å². The Morgan fingerprint density at radius 1 is 1.32 bits per heavy atom. The van der Waals surface area contributed by atoms with Crippen LogP contribution >= 0.6 is 43.6 Å². The van der Waals surface area contributed by atoms with Gasteiger partial charge in [-0.25, -0.2) is 14.2 Å². The Balaban J connectivity index is 2.37. The summed E-state index contributed by atoms with van der Waals surface area (Å²) >= 11 is 7.66. The molecule has 0 saturated carbocycles. The molecule has 0 atom stereocenters. The van der Waals surface area contributed by atoms with E-state index in [1.165, 1.54) is 12.1 Å². The lowest BCUT2D eigenvalue weighted by atomic mass is 10.2. The zero-order valence-corrected chi connectivity index (χ0v) is 13.2. The Bertz CT molecular complexity index is 652. The number of benzene rings is 1. The fraction of sp³-hybridized carbons (Fsp3) is 0. The maximum atomic E-state index is 13.7. The fourth-order valence-corrected chi connectivity index (χ4v) is 3.35. The highest BCUT2D eigenvalue weighted by atomic mass is 79.9. The number of aromatic nitrogens is 1. The maximum absolute atomic E-state index is 13.7. The number of hydrogen-bond acceptors (Lipinski definition) is 3. The smallest absolute Gasteiger partial charge is 0.335 e. The van der Waals surface area contributed by atoms with E-state index in [1.807, 2.05) is 0 Å². The lowest BCUT2D eigenvalue weighted by Crippen LogP contribution is -1.97. The highest BCUT2D eigenvalue weighted by Crippen LogP contribution is 2.34. The maximum Gasteiger partial charge on any atom is 0.335 e. The third-order valence-electron chi connectivity index (χ3n) is 2.16. The number of halogens is 3. The summed E-state index contributed by atoms with van der Waals surface area (Å²) in [5.74, 6) is -1.57. The number of carbonyl (C=O) groups is 1. The summed E-state index contributed by atoms with van der Waals surface area (Å²) < 4.78 is 15.2. The highest BCUT2D eigenvalue weighted by molar-refractivity contribution is 9.11. The van der Waals surface area contributed by atoms with Gasteiger partial charge in [-0.15, -0.1) is 0 Å². The van der Waals surface area contributed by atoms with E-state index in [0.29, 0.717) is 9.50 Å². The summed E-state index contributed by atoms with van der Waals surface area (Å²) in [6, 6.07) is 5.44. The molecule has 0 aliphatic carbocycles. The first-order valence-electron chi connectivity index (χ1n) is 4.99. The van der Waals surface area contributed by atoms with Gasteiger partial charge in [0.15, 0.2) is 0 Å². The molecular weight excluding hydrogens is 401 g/mol. The van der Waals surface area contributed by atoms with Crippen LogP contribution in [0, 0.1) is 5.82 Å². The first-order valence-corrected chi connectivity index (χ1v) is 7.39. The molecule has 0 fully saturated rings. The molecule has 2 aromatic rings. The molecule has 1 heterocycles. The SMILES string of the molecule is O=C(O)c1ccc(F)c(Sc2ncc(Br)cc2Br)c1. The van der Waals surface area contributed by atoms with Crippen molar-refractivity contribution < 1.29 is 14.3 Å². The van der Waals surface area contributed by atoms with E-state index in [4.69, 9.17) is 5.11 Å². The first-order chi connectivity index (χ1) is 8.97. The van der Waals surface area contributed by atoms with Gasteiger partial charge in [0.2, 0.25) is 0 Å². The van der Waals surface area contributed by atoms with Crippen LogP contribution in [0.25, 0.3) is 0 Å². The number of carboxylic acids is 1. The third-order valence-corrected chi connectivity index (χ3v) is 4.51. The van der Waals surface area contributed by atoms with Crippen LogP contribution in [0.15, 0.2) is 49.3 Å². The van der Waals surface area contributed by atoms with Gasteiger partial charge in [0.05, 0.1) is 14.9 Å². The van der Waals surface area contributed by atoms with E-state index in [9.17, 15) is 9.18 Å². The Labute approximate surface area is 129 Å². The van der Waals surface area contributed by atoms with Crippen LogP contribution in [-0.4, -0.2) is 16.1 Å². The molecule has 0 bridgehead atoms. The average molecular weight is 407 g/mol. The summed E-state index contributed by atoms with van der Waals surface area (Å²) in [5.41, 5.74) is 0.0390. The van der Waals surface area contributed by atoms with Gasteiger partial charge in [-0.1, -0.05) is 11.8 Å². The molecule has 0 saturated heterocycles.